The summed E-state index contributed by atoms with van der Waals surface area (Å²) in [5.41, 5.74) is 1.37. The van der Waals surface area contributed by atoms with Crippen LogP contribution in [-0.2, 0) is 0 Å². The Kier molecular flexibility index (Phi) is 8.47. The number of benzene rings is 1. The van der Waals surface area contributed by atoms with Crippen molar-refractivity contribution >= 4 is 11.0 Å². The summed E-state index contributed by atoms with van der Waals surface area (Å²) in [6.45, 7) is 0.384. The van der Waals surface area contributed by atoms with Gasteiger partial charge < -0.3 is 9.07 Å². The molecule has 0 aliphatic rings. The van der Waals surface area contributed by atoms with Crippen LogP contribution in [0, 0.1) is 6.80 Å². The summed E-state index contributed by atoms with van der Waals surface area (Å²) in [5, 5.41) is 7.28. The van der Waals surface area contributed by atoms with Gasteiger partial charge in [-0.1, -0.05) is 28.9 Å². The molecule has 0 radical (unpaired) electrons. The first-order valence-electron chi connectivity index (χ1n) is 3.15. The molecule has 6 heteroatoms. The molecule has 13 heavy (non-hydrogen) atoms. The van der Waals surface area contributed by atoms with Crippen LogP contribution in [0.25, 0.3) is 11.0 Å². The van der Waals surface area contributed by atoms with Crippen molar-refractivity contribution in [1.82, 2.24) is 15.0 Å². The van der Waals surface area contributed by atoms with E-state index in [0.29, 0.717) is 17.8 Å². The molecule has 0 aliphatic heterocycles. The molecule has 0 spiro atoms. The molecule has 1 heterocycles. The van der Waals surface area contributed by atoms with Crippen molar-refractivity contribution in [1.29, 1.82) is 0 Å². The van der Waals surface area contributed by atoms with E-state index in [-0.39, 0.29) is 116 Å². The van der Waals surface area contributed by atoms with Crippen LogP contribution >= 0.6 is 0 Å². The maximum atomic E-state index is 12.0. The smallest absolute Gasteiger partial charge is 0.349 e. The minimum atomic E-state index is 0. The molecule has 0 amide bonds. The number of halogens is 1. The number of rotatable bonds is 1. The van der Waals surface area contributed by atoms with E-state index in [1.54, 1.807) is 12.1 Å². The zero-order valence-corrected chi connectivity index (χ0v) is 17.4. The second-order valence-electron chi connectivity index (χ2n) is 2.12. The number of aromatic nitrogens is 3. The van der Waals surface area contributed by atoms with E-state index in [2.05, 4.69) is 10.3 Å². The van der Waals surface area contributed by atoms with Crippen LogP contribution in [-0.4, -0.2) is 15.0 Å². The average molecular weight is 321 g/mol. The zero-order valence-electron chi connectivity index (χ0n) is 7.61. The normalized spacial score (nSPS) is 8.69. The summed E-state index contributed by atoms with van der Waals surface area (Å²) in [5.74, 6) is 0. The van der Waals surface area contributed by atoms with Crippen molar-refractivity contribution in [3.05, 3.63) is 31.1 Å². The molecule has 0 aliphatic carbocycles. The number of nitrogens with zero attached hydrogens (tertiary/aromatic N) is 3. The SMILES string of the molecule is F[CH-]n1nnc2ccccc21.[Rb+].[Rb+]. The van der Waals surface area contributed by atoms with Crippen LogP contribution in [0.5, 0.6) is 0 Å². The monoisotopic (exact) mass is 320 g/mol. The molecule has 1 aromatic carbocycles. The van der Waals surface area contributed by atoms with Crippen molar-refractivity contribution in [3.63, 3.8) is 0 Å². The van der Waals surface area contributed by atoms with Crippen LogP contribution in [0.2, 0.25) is 0 Å². The van der Waals surface area contributed by atoms with Crippen molar-refractivity contribution in [2.24, 2.45) is 0 Å². The van der Waals surface area contributed by atoms with Crippen LogP contribution in [0.4, 0.5) is 4.39 Å². The largest absolute Gasteiger partial charge is 1.00 e. The van der Waals surface area contributed by atoms with Gasteiger partial charge in [0.25, 0.3) is 0 Å². The minimum absolute atomic E-state index is 0. The van der Waals surface area contributed by atoms with Crippen LogP contribution in [0.3, 0.4) is 0 Å². The standard InChI is InChI=1S/C7H5FN3.2Rb/c8-5-11-7-4-2-1-3-6(7)9-10-11;;/h1-5H;;/q-1;2*+1. The van der Waals surface area contributed by atoms with Gasteiger partial charge in [0.15, 0.2) is 0 Å². The van der Waals surface area contributed by atoms with Gasteiger partial charge in [0.05, 0.1) is 0 Å². The molecule has 0 bridgehead atoms. The Morgan fingerprint density at radius 1 is 1.23 bits per heavy atom. The Morgan fingerprint density at radius 3 is 2.62 bits per heavy atom. The number of para-hydroxylation sites is 1. The summed E-state index contributed by atoms with van der Waals surface area (Å²) >= 11 is 0. The number of hydrogen-bond acceptors (Lipinski definition) is 2. The van der Waals surface area contributed by atoms with E-state index in [0.717, 1.165) is 4.68 Å². The molecule has 1 aromatic heterocycles. The molecule has 0 unspecified atom stereocenters. The summed E-state index contributed by atoms with van der Waals surface area (Å²) in [6, 6.07) is 7.18. The van der Waals surface area contributed by atoms with Crippen molar-refractivity contribution in [2.75, 3.05) is 0 Å². The second-order valence-corrected chi connectivity index (χ2v) is 2.12. The first kappa shape index (κ1) is 15.0. The molecule has 3 nitrogen and oxygen atoms in total. The van der Waals surface area contributed by atoms with Gasteiger partial charge in [-0.15, -0.1) is 6.07 Å². The van der Waals surface area contributed by atoms with Crippen LogP contribution in [0.1, 0.15) is 0 Å². The Labute approximate surface area is 173 Å². The van der Waals surface area contributed by atoms with Gasteiger partial charge >= 0.3 is 116 Å². The van der Waals surface area contributed by atoms with E-state index >= 15 is 0 Å². The minimum Gasteiger partial charge on any atom is -0.349 e. The predicted molar refractivity (Wildman–Crippen MR) is 38.3 cm³/mol. The molecule has 0 N–H and O–H groups in total. The number of hydrogen-bond donors (Lipinski definition) is 0. The number of fused-ring (bicyclic) bond motifs is 1. The van der Waals surface area contributed by atoms with Crippen molar-refractivity contribution in [3.8, 4) is 0 Å². The van der Waals surface area contributed by atoms with Gasteiger partial charge in [-0.05, 0) is 0 Å². The van der Waals surface area contributed by atoms with E-state index in [9.17, 15) is 4.39 Å². The molecular formula is C7H5FN3Rb2+. The van der Waals surface area contributed by atoms with Gasteiger partial charge in [-0.3, -0.25) is 0 Å². The fourth-order valence-corrected chi connectivity index (χ4v) is 0.959. The van der Waals surface area contributed by atoms with Gasteiger partial charge in [0.2, 0.25) is 0 Å². The van der Waals surface area contributed by atoms with E-state index in [1.165, 1.54) is 0 Å². The Hall–Kier alpha value is 2.03. The molecule has 2 rings (SSSR count). The average Bonchev–Trinajstić information content (AvgIpc) is 2.47. The summed E-state index contributed by atoms with van der Waals surface area (Å²) in [7, 11) is 0. The van der Waals surface area contributed by atoms with E-state index in [1.807, 2.05) is 12.1 Å². The molecular weight excluding hydrogens is 316 g/mol. The van der Waals surface area contributed by atoms with Gasteiger partial charge in [-0.2, -0.15) is 5.10 Å². The van der Waals surface area contributed by atoms with Gasteiger partial charge in [0.1, 0.15) is 0 Å². The maximum absolute atomic E-state index is 12.0. The quantitative estimate of drug-likeness (QED) is 0.495. The predicted octanol–water partition coefficient (Wildman–Crippen LogP) is -4.62. The van der Waals surface area contributed by atoms with Gasteiger partial charge in [-0.25, -0.2) is 0 Å². The molecule has 0 atom stereocenters. The fourth-order valence-electron chi connectivity index (χ4n) is 0.959. The Balaban J connectivity index is 0.000000720. The first-order valence-corrected chi connectivity index (χ1v) is 3.15. The van der Waals surface area contributed by atoms with Crippen molar-refractivity contribution in [2.45, 2.75) is 0 Å². The summed E-state index contributed by atoms with van der Waals surface area (Å²) in [4.78, 5) is 0. The van der Waals surface area contributed by atoms with Crippen LogP contribution < -0.4 is 116 Å². The Bertz CT molecular complexity index is 377. The molecule has 0 saturated heterocycles. The molecule has 0 saturated carbocycles. The third kappa shape index (κ3) is 3.52. The first-order chi connectivity index (χ1) is 5.42. The van der Waals surface area contributed by atoms with E-state index in [4.69, 9.17) is 0 Å². The van der Waals surface area contributed by atoms with Crippen LogP contribution in [0.15, 0.2) is 24.3 Å². The topological polar surface area (TPSA) is 30.7 Å². The second kappa shape index (κ2) is 7.33. The maximum Gasteiger partial charge on any atom is 1.00 e. The Morgan fingerprint density at radius 2 is 1.92 bits per heavy atom. The summed E-state index contributed by atoms with van der Waals surface area (Å²) in [6.07, 6.45) is 0. The third-order valence-electron chi connectivity index (χ3n) is 1.47. The van der Waals surface area contributed by atoms with Gasteiger partial charge in [0, 0.05) is 12.3 Å². The molecule has 56 valence electrons. The fraction of sp³-hybridized carbons (Fsp3) is 0. The van der Waals surface area contributed by atoms with Crippen molar-refractivity contribution < 1.29 is 121 Å². The molecule has 2 aromatic rings. The van der Waals surface area contributed by atoms with E-state index < -0.39 is 0 Å². The molecule has 0 fully saturated rings. The summed E-state index contributed by atoms with van der Waals surface area (Å²) < 4.78 is 13.1. The zero-order chi connectivity index (χ0) is 7.68. The third-order valence-corrected chi connectivity index (χ3v) is 1.47.